The van der Waals surface area contributed by atoms with Crippen molar-refractivity contribution < 1.29 is 9.18 Å². The average molecular weight is 296 g/mol. The minimum atomic E-state index is -0.522. The zero-order valence-corrected chi connectivity index (χ0v) is 12.5. The molecule has 110 valence electrons. The van der Waals surface area contributed by atoms with E-state index in [1.807, 2.05) is 11.8 Å². The zero-order valence-electron chi connectivity index (χ0n) is 11.7. The second kappa shape index (κ2) is 7.09. The van der Waals surface area contributed by atoms with Crippen LogP contribution in [0.2, 0.25) is 0 Å². The zero-order chi connectivity index (χ0) is 14.5. The van der Waals surface area contributed by atoms with Gasteiger partial charge in [0.1, 0.15) is 5.82 Å². The van der Waals surface area contributed by atoms with Crippen LogP contribution in [-0.2, 0) is 6.54 Å². The summed E-state index contributed by atoms with van der Waals surface area (Å²) in [5, 5.41) is 4.02. The van der Waals surface area contributed by atoms with Crippen LogP contribution in [0.3, 0.4) is 0 Å². The van der Waals surface area contributed by atoms with E-state index >= 15 is 0 Å². The smallest absolute Gasteiger partial charge is 0.248 e. The maximum atomic E-state index is 13.8. The topological polar surface area (TPSA) is 55.1 Å². The van der Waals surface area contributed by atoms with Gasteiger partial charge in [-0.1, -0.05) is 12.8 Å². The highest BCUT2D eigenvalue weighted by Crippen LogP contribution is 2.27. The van der Waals surface area contributed by atoms with Crippen molar-refractivity contribution in [2.24, 2.45) is 5.73 Å². The number of primary amides is 1. The van der Waals surface area contributed by atoms with Gasteiger partial charge in [0.15, 0.2) is 0 Å². The molecule has 1 aliphatic carbocycles. The highest BCUT2D eigenvalue weighted by molar-refractivity contribution is 7.99. The Morgan fingerprint density at radius 3 is 2.90 bits per heavy atom. The van der Waals surface area contributed by atoms with E-state index in [0.29, 0.717) is 29.0 Å². The number of carbonyl (C=O) groups excluding carboxylic acids is 1. The first kappa shape index (κ1) is 15.3. The van der Waals surface area contributed by atoms with Crippen LogP contribution in [0, 0.1) is 5.82 Å². The van der Waals surface area contributed by atoms with Crippen LogP contribution < -0.4 is 11.1 Å². The van der Waals surface area contributed by atoms with E-state index in [1.165, 1.54) is 31.4 Å². The summed E-state index contributed by atoms with van der Waals surface area (Å²) in [6.07, 6.45) is 6.96. The highest BCUT2D eigenvalue weighted by atomic mass is 32.2. The van der Waals surface area contributed by atoms with Crippen molar-refractivity contribution in [2.45, 2.75) is 43.5 Å². The van der Waals surface area contributed by atoms with Gasteiger partial charge in [-0.15, -0.1) is 0 Å². The second-order valence-corrected chi connectivity index (χ2v) is 6.29. The van der Waals surface area contributed by atoms with Crippen molar-refractivity contribution >= 4 is 17.7 Å². The van der Waals surface area contributed by atoms with E-state index < -0.39 is 5.91 Å². The predicted octanol–water partition coefficient (Wildman–Crippen LogP) is 2.69. The van der Waals surface area contributed by atoms with Crippen molar-refractivity contribution in [3.63, 3.8) is 0 Å². The maximum Gasteiger partial charge on any atom is 0.248 e. The summed E-state index contributed by atoms with van der Waals surface area (Å²) >= 11 is 1.87. The molecule has 1 saturated carbocycles. The minimum Gasteiger partial charge on any atom is -0.366 e. The lowest BCUT2D eigenvalue weighted by atomic mass is 9.94. The number of nitrogens with one attached hydrogen (secondary N) is 1. The number of carbonyl (C=O) groups is 1. The molecule has 3 N–H and O–H groups in total. The summed E-state index contributed by atoms with van der Waals surface area (Å²) in [6.45, 7) is 0.439. The normalized spacial score (nSPS) is 22.7. The molecule has 0 saturated heterocycles. The third kappa shape index (κ3) is 3.73. The molecule has 2 atom stereocenters. The van der Waals surface area contributed by atoms with E-state index in [-0.39, 0.29) is 5.82 Å². The number of thioether (sulfide) groups is 1. The molecule has 0 radical (unpaired) electrons. The van der Waals surface area contributed by atoms with Crippen LogP contribution >= 0.6 is 11.8 Å². The van der Waals surface area contributed by atoms with Crippen LogP contribution in [0.4, 0.5) is 4.39 Å². The van der Waals surface area contributed by atoms with Gasteiger partial charge in [-0.2, -0.15) is 11.8 Å². The number of halogens is 1. The van der Waals surface area contributed by atoms with Gasteiger partial charge >= 0.3 is 0 Å². The fourth-order valence-corrected chi connectivity index (χ4v) is 3.68. The molecule has 1 aliphatic rings. The molecule has 20 heavy (non-hydrogen) atoms. The quantitative estimate of drug-likeness (QED) is 0.878. The van der Waals surface area contributed by atoms with Crippen molar-refractivity contribution in [1.82, 2.24) is 5.32 Å². The van der Waals surface area contributed by atoms with Crippen molar-refractivity contribution in [3.05, 3.63) is 35.1 Å². The van der Waals surface area contributed by atoms with Crippen LogP contribution in [0.25, 0.3) is 0 Å². The third-order valence-corrected chi connectivity index (χ3v) is 5.06. The Bertz CT molecular complexity index is 481. The van der Waals surface area contributed by atoms with Crippen molar-refractivity contribution in [3.8, 4) is 0 Å². The van der Waals surface area contributed by atoms with E-state index in [9.17, 15) is 9.18 Å². The maximum absolute atomic E-state index is 13.8. The summed E-state index contributed by atoms with van der Waals surface area (Å²) in [5.41, 5.74) is 6.09. The first-order valence-corrected chi connectivity index (χ1v) is 8.25. The molecular weight excluding hydrogens is 275 g/mol. The fraction of sp³-hybridized carbons (Fsp3) is 0.533. The number of benzene rings is 1. The molecule has 5 heteroatoms. The second-order valence-electron chi connectivity index (χ2n) is 5.22. The summed E-state index contributed by atoms with van der Waals surface area (Å²) in [5.74, 6) is -0.815. The Balaban J connectivity index is 2.02. The van der Waals surface area contributed by atoms with Gasteiger partial charge in [-0.3, -0.25) is 4.79 Å². The molecule has 1 amide bonds. The van der Waals surface area contributed by atoms with Gasteiger partial charge in [0, 0.05) is 29.0 Å². The van der Waals surface area contributed by atoms with E-state index in [1.54, 1.807) is 6.07 Å². The number of rotatable bonds is 5. The Labute approximate surface area is 123 Å². The number of hydrogen-bond donors (Lipinski definition) is 2. The highest BCUT2D eigenvalue weighted by Gasteiger charge is 2.23. The Kier molecular flexibility index (Phi) is 5.43. The molecule has 3 nitrogen and oxygen atoms in total. The Morgan fingerprint density at radius 2 is 2.20 bits per heavy atom. The molecule has 2 rings (SSSR count). The summed E-state index contributed by atoms with van der Waals surface area (Å²) in [4.78, 5) is 11.1. The van der Waals surface area contributed by atoms with Gasteiger partial charge in [0.2, 0.25) is 5.91 Å². The molecule has 0 spiro atoms. The number of hydrogen-bond acceptors (Lipinski definition) is 3. The lowest BCUT2D eigenvalue weighted by Gasteiger charge is -2.31. The molecule has 0 aromatic heterocycles. The van der Waals surface area contributed by atoms with Crippen LogP contribution in [0.5, 0.6) is 0 Å². The first-order chi connectivity index (χ1) is 9.61. The average Bonchev–Trinajstić information content (AvgIpc) is 2.46. The number of nitrogens with two attached hydrogens (primary N) is 1. The molecule has 0 bridgehead atoms. The van der Waals surface area contributed by atoms with Crippen molar-refractivity contribution in [2.75, 3.05) is 6.26 Å². The molecule has 1 aromatic carbocycles. The van der Waals surface area contributed by atoms with Crippen molar-refractivity contribution in [1.29, 1.82) is 0 Å². The SMILES string of the molecule is CSC1CCCCC1NCc1cc(C(N)=O)ccc1F. The summed E-state index contributed by atoms with van der Waals surface area (Å²) < 4.78 is 13.8. The van der Waals surface area contributed by atoms with Crippen LogP contribution in [0.1, 0.15) is 41.6 Å². The fourth-order valence-electron chi connectivity index (χ4n) is 2.72. The largest absolute Gasteiger partial charge is 0.366 e. The Morgan fingerprint density at radius 1 is 1.45 bits per heavy atom. The van der Waals surface area contributed by atoms with Gasteiger partial charge in [-0.05, 0) is 37.3 Å². The first-order valence-electron chi connectivity index (χ1n) is 6.96. The number of amides is 1. The van der Waals surface area contributed by atoms with E-state index in [2.05, 4.69) is 11.6 Å². The minimum absolute atomic E-state index is 0.293. The third-order valence-electron chi connectivity index (χ3n) is 3.89. The van der Waals surface area contributed by atoms with Gasteiger partial charge in [0.25, 0.3) is 0 Å². The standard InChI is InChI=1S/C15H21FN2OS/c1-20-14-5-3-2-4-13(14)18-9-11-8-10(15(17)19)6-7-12(11)16/h6-8,13-14,18H,2-5,9H2,1H3,(H2,17,19). The summed E-state index contributed by atoms with van der Waals surface area (Å²) in [7, 11) is 0. The molecule has 1 aromatic rings. The lowest BCUT2D eigenvalue weighted by Crippen LogP contribution is -2.40. The molecule has 0 heterocycles. The molecule has 1 fully saturated rings. The van der Waals surface area contributed by atoms with Gasteiger partial charge in [-0.25, -0.2) is 4.39 Å². The van der Waals surface area contributed by atoms with Gasteiger partial charge < -0.3 is 11.1 Å². The van der Waals surface area contributed by atoms with Gasteiger partial charge in [0.05, 0.1) is 0 Å². The molecular formula is C15H21FN2OS. The van der Waals surface area contributed by atoms with E-state index in [4.69, 9.17) is 5.73 Å². The monoisotopic (exact) mass is 296 g/mol. The predicted molar refractivity (Wildman–Crippen MR) is 81.3 cm³/mol. The van der Waals surface area contributed by atoms with Crippen LogP contribution in [-0.4, -0.2) is 23.5 Å². The summed E-state index contributed by atoms with van der Waals surface area (Å²) in [6, 6.07) is 4.69. The van der Waals surface area contributed by atoms with Crippen LogP contribution in [0.15, 0.2) is 18.2 Å². The molecule has 2 unspecified atom stereocenters. The molecule has 0 aliphatic heterocycles. The lowest BCUT2D eigenvalue weighted by molar-refractivity contribution is 0.1000. The van der Waals surface area contributed by atoms with E-state index in [0.717, 1.165) is 6.42 Å². The Hall–Kier alpha value is -1.07.